The Morgan fingerprint density at radius 3 is 2.67 bits per heavy atom. The molecule has 0 radical (unpaired) electrons. The van der Waals surface area contributed by atoms with Crippen LogP contribution >= 0.6 is 15.9 Å². The van der Waals surface area contributed by atoms with Crippen molar-refractivity contribution in [3.05, 3.63) is 70.6 Å². The smallest absolute Gasteiger partial charge is 0.264 e. The molecule has 1 unspecified atom stereocenters. The lowest BCUT2D eigenvalue weighted by Crippen LogP contribution is -2.54. The van der Waals surface area contributed by atoms with E-state index in [2.05, 4.69) is 36.6 Å². The lowest BCUT2D eigenvalue weighted by Gasteiger charge is -2.27. The molecule has 214 valence electrons. The Balaban J connectivity index is 0.977. The molecule has 1 atom stereocenters. The Kier molecular flexibility index (Phi) is 7.79. The first-order chi connectivity index (χ1) is 20.4. The fraction of sp³-hybridized carbons (Fsp3) is 0.300. The molecule has 0 aliphatic carbocycles. The van der Waals surface area contributed by atoms with Crippen LogP contribution in [0, 0.1) is 0 Å². The number of para-hydroxylation sites is 1. The summed E-state index contributed by atoms with van der Waals surface area (Å²) in [6.07, 6.45) is 9.62. The van der Waals surface area contributed by atoms with Gasteiger partial charge in [-0.25, -0.2) is 4.98 Å². The summed E-state index contributed by atoms with van der Waals surface area (Å²) in [6.45, 7) is 1.43. The maximum atomic E-state index is 13.2. The first-order valence-electron chi connectivity index (χ1n) is 13.9. The molecule has 1 fully saturated rings. The number of amides is 4. The number of unbranched alkanes of at least 4 members (excludes halogenated alkanes) is 3. The molecule has 42 heavy (non-hydrogen) atoms. The van der Waals surface area contributed by atoms with E-state index in [-0.39, 0.29) is 24.0 Å². The van der Waals surface area contributed by atoms with Gasteiger partial charge < -0.3 is 5.32 Å². The summed E-state index contributed by atoms with van der Waals surface area (Å²) < 4.78 is 2.83. The van der Waals surface area contributed by atoms with Crippen LogP contribution in [0.1, 0.15) is 59.2 Å². The summed E-state index contributed by atoms with van der Waals surface area (Å²) in [4.78, 5) is 60.3. The molecule has 4 aromatic rings. The van der Waals surface area contributed by atoms with Gasteiger partial charge in [-0.1, -0.05) is 25.0 Å². The van der Waals surface area contributed by atoms with Crippen LogP contribution in [-0.2, 0) is 16.1 Å². The quantitative estimate of drug-likeness (QED) is 0.195. The molecular weight excluding hydrogens is 602 g/mol. The molecule has 12 heteroatoms. The number of piperidine rings is 1. The number of imide groups is 2. The van der Waals surface area contributed by atoms with E-state index in [0.717, 1.165) is 63.9 Å². The number of benzene rings is 2. The molecule has 2 aromatic heterocycles. The van der Waals surface area contributed by atoms with Gasteiger partial charge in [0.05, 0.1) is 34.7 Å². The topological polar surface area (TPSA) is 139 Å². The van der Waals surface area contributed by atoms with E-state index < -0.39 is 29.7 Å². The highest BCUT2D eigenvalue weighted by atomic mass is 79.9. The van der Waals surface area contributed by atoms with Gasteiger partial charge in [0, 0.05) is 41.4 Å². The second-order valence-corrected chi connectivity index (χ2v) is 11.2. The van der Waals surface area contributed by atoms with Crippen molar-refractivity contribution in [3.8, 4) is 11.3 Å². The van der Waals surface area contributed by atoms with Gasteiger partial charge in [-0.15, -0.1) is 0 Å². The minimum atomic E-state index is -0.975. The summed E-state index contributed by atoms with van der Waals surface area (Å²) >= 11 is 3.54. The van der Waals surface area contributed by atoms with E-state index in [1.54, 1.807) is 24.4 Å². The van der Waals surface area contributed by atoms with Crippen molar-refractivity contribution >= 4 is 56.3 Å². The monoisotopic (exact) mass is 629 g/mol. The van der Waals surface area contributed by atoms with Crippen LogP contribution in [0.3, 0.4) is 0 Å². The van der Waals surface area contributed by atoms with Crippen molar-refractivity contribution in [3.63, 3.8) is 0 Å². The highest BCUT2D eigenvalue weighted by molar-refractivity contribution is 9.10. The SMILES string of the molecule is O=C1CCC(N2C(=O)c3cccc(NCCCCCCn4cc(-c5cnc6cccc(Br)c6n5)cn4)c3C2=O)C(=O)N1. The van der Waals surface area contributed by atoms with Gasteiger partial charge in [0.25, 0.3) is 11.8 Å². The third-order valence-electron chi connectivity index (χ3n) is 7.55. The first-order valence-corrected chi connectivity index (χ1v) is 14.7. The van der Waals surface area contributed by atoms with E-state index in [0.29, 0.717) is 12.2 Å². The maximum absolute atomic E-state index is 13.2. The standard InChI is InChI=1S/C30H28BrN7O4/c31-20-8-6-10-22-27(20)35-23(16-33-22)18-15-34-37(17-18)14-4-2-1-3-13-32-21-9-5-7-19-26(21)30(42)38(29(19)41)24-11-12-25(39)36-28(24)40/h5-10,15-17,24,32H,1-4,11-14H2,(H,36,39,40). The van der Waals surface area contributed by atoms with Crippen molar-refractivity contribution in [2.75, 3.05) is 11.9 Å². The number of nitrogens with one attached hydrogen (secondary N) is 2. The second-order valence-electron chi connectivity index (χ2n) is 10.4. The van der Waals surface area contributed by atoms with Gasteiger partial charge in [0.2, 0.25) is 11.8 Å². The van der Waals surface area contributed by atoms with E-state index >= 15 is 0 Å². The number of aryl methyl sites for hydroxylation is 1. The molecule has 2 aromatic carbocycles. The Hall–Kier alpha value is -4.45. The van der Waals surface area contributed by atoms with Crippen LogP contribution in [0.5, 0.6) is 0 Å². The number of nitrogens with zero attached hydrogens (tertiary/aromatic N) is 5. The first kappa shape index (κ1) is 27.7. The Morgan fingerprint density at radius 1 is 0.976 bits per heavy atom. The fourth-order valence-electron chi connectivity index (χ4n) is 5.39. The van der Waals surface area contributed by atoms with Crippen molar-refractivity contribution in [1.82, 2.24) is 30.0 Å². The van der Waals surface area contributed by atoms with Crippen LogP contribution < -0.4 is 10.6 Å². The molecule has 4 heterocycles. The summed E-state index contributed by atoms with van der Waals surface area (Å²) in [5.74, 6) is -2.02. The van der Waals surface area contributed by atoms with Crippen LogP contribution in [-0.4, -0.2) is 60.9 Å². The maximum Gasteiger partial charge on any atom is 0.264 e. The number of aromatic nitrogens is 4. The predicted molar refractivity (Wildman–Crippen MR) is 159 cm³/mol. The van der Waals surface area contributed by atoms with E-state index in [1.807, 2.05) is 35.3 Å². The number of carbonyl (C=O) groups excluding carboxylic acids is 4. The third kappa shape index (κ3) is 5.41. The zero-order valence-corrected chi connectivity index (χ0v) is 24.3. The van der Waals surface area contributed by atoms with Crippen molar-refractivity contribution in [2.45, 2.75) is 51.1 Å². The summed E-state index contributed by atoms with van der Waals surface area (Å²) in [5, 5.41) is 10.0. The van der Waals surface area contributed by atoms with E-state index in [1.165, 1.54) is 0 Å². The minimum absolute atomic E-state index is 0.0910. The van der Waals surface area contributed by atoms with Crippen LogP contribution in [0.2, 0.25) is 0 Å². The molecule has 6 rings (SSSR count). The molecule has 0 spiro atoms. The fourth-order valence-corrected chi connectivity index (χ4v) is 5.84. The Bertz CT molecular complexity index is 1720. The summed E-state index contributed by atoms with van der Waals surface area (Å²) in [7, 11) is 0. The van der Waals surface area contributed by atoms with E-state index in [4.69, 9.17) is 4.98 Å². The molecule has 0 bridgehead atoms. The Labute approximate surface area is 249 Å². The third-order valence-corrected chi connectivity index (χ3v) is 8.19. The highest BCUT2D eigenvalue weighted by Crippen LogP contribution is 2.32. The summed E-state index contributed by atoms with van der Waals surface area (Å²) in [5.41, 5.74) is 4.48. The molecule has 1 saturated heterocycles. The lowest BCUT2D eigenvalue weighted by molar-refractivity contribution is -0.136. The average Bonchev–Trinajstić information content (AvgIpc) is 3.56. The molecule has 0 saturated carbocycles. The number of hydrogen-bond donors (Lipinski definition) is 2. The van der Waals surface area contributed by atoms with Gasteiger partial charge in [-0.3, -0.25) is 39.1 Å². The number of halogens is 1. The van der Waals surface area contributed by atoms with Gasteiger partial charge in [-0.05, 0) is 59.5 Å². The number of fused-ring (bicyclic) bond motifs is 2. The van der Waals surface area contributed by atoms with Crippen molar-refractivity contribution in [1.29, 1.82) is 0 Å². The molecule has 2 aliphatic heterocycles. The summed E-state index contributed by atoms with van der Waals surface area (Å²) in [6, 6.07) is 9.93. The van der Waals surface area contributed by atoms with Gasteiger partial charge in [0.15, 0.2) is 0 Å². The number of hydrogen-bond acceptors (Lipinski definition) is 8. The van der Waals surface area contributed by atoms with Crippen LogP contribution in [0.15, 0.2) is 59.5 Å². The number of anilines is 1. The van der Waals surface area contributed by atoms with Gasteiger partial charge >= 0.3 is 0 Å². The zero-order valence-electron chi connectivity index (χ0n) is 22.7. The lowest BCUT2D eigenvalue weighted by atomic mass is 10.0. The van der Waals surface area contributed by atoms with Crippen LogP contribution in [0.4, 0.5) is 5.69 Å². The Morgan fingerprint density at radius 2 is 1.81 bits per heavy atom. The highest BCUT2D eigenvalue weighted by Gasteiger charge is 2.45. The molecule has 2 N–H and O–H groups in total. The van der Waals surface area contributed by atoms with E-state index in [9.17, 15) is 19.2 Å². The molecular formula is C30H28BrN7O4. The largest absolute Gasteiger partial charge is 0.384 e. The second kappa shape index (κ2) is 11.8. The van der Waals surface area contributed by atoms with Gasteiger partial charge in [0.1, 0.15) is 11.6 Å². The normalized spacial score (nSPS) is 16.7. The van der Waals surface area contributed by atoms with Gasteiger partial charge in [-0.2, -0.15) is 5.10 Å². The number of carbonyl (C=O) groups is 4. The zero-order chi connectivity index (χ0) is 29.2. The van der Waals surface area contributed by atoms with Crippen molar-refractivity contribution in [2.24, 2.45) is 0 Å². The molecule has 11 nitrogen and oxygen atoms in total. The number of rotatable bonds is 10. The van der Waals surface area contributed by atoms with Crippen LogP contribution in [0.25, 0.3) is 22.3 Å². The average molecular weight is 631 g/mol. The molecule has 4 amide bonds. The van der Waals surface area contributed by atoms with Crippen molar-refractivity contribution < 1.29 is 19.2 Å². The molecule has 2 aliphatic rings. The minimum Gasteiger partial charge on any atom is -0.384 e. The predicted octanol–water partition coefficient (Wildman–Crippen LogP) is 4.33.